The van der Waals surface area contributed by atoms with Crippen molar-refractivity contribution in [2.75, 3.05) is 11.9 Å². The predicted octanol–water partition coefficient (Wildman–Crippen LogP) is 1.97. The lowest BCUT2D eigenvalue weighted by atomic mass is 9.73. The summed E-state index contributed by atoms with van der Waals surface area (Å²) in [5.74, 6) is 2.47. The first-order valence-corrected chi connectivity index (χ1v) is 7.72. The van der Waals surface area contributed by atoms with E-state index in [9.17, 15) is 4.79 Å². The highest BCUT2D eigenvalue weighted by Gasteiger charge is 2.37. The molecular weight excluding hydrogens is 252 g/mol. The van der Waals surface area contributed by atoms with E-state index in [-0.39, 0.29) is 11.1 Å². The molecule has 5 nitrogen and oxygen atoms in total. The van der Waals surface area contributed by atoms with Crippen LogP contribution in [0.1, 0.15) is 57.2 Å². The Balaban J connectivity index is 1.86. The molecule has 0 bridgehead atoms. The number of nitrogens with zero attached hydrogens (tertiary/aromatic N) is 1. The molecule has 2 fully saturated rings. The largest absolute Gasteiger partial charge is 0.363 e. The fourth-order valence-corrected chi connectivity index (χ4v) is 3.30. The van der Waals surface area contributed by atoms with E-state index in [0.717, 1.165) is 25.1 Å². The van der Waals surface area contributed by atoms with Crippen molar-refractivity contribution in [2.24, 2.45) is 11.7 Å². The van der Waals surface area contributed by atoms with Crippen LogP contribution in [0.5, 0.6) is 0 Å². The molecule has 1 aromatic rings. The highest BCUT2D eigenvalue weighted by atomic mass is 16.1. The average Bonchev–Trinajstić information content (AvgIpc) is 3.25. The lowest BCUT2D eigenvalue weighted by Crippen LogP contribution is -2.52. The van der Waals surface area contributed by atoms with Gasteiger partial charge in [-0.25, -0.2) is 4.98 Å². The fraction of sp³-hybridized carbons (Fsp3) is 0.733. The Kier molecular flexibility index (Phi) is 3.54. The molecule has 0 radical (unpaired) electrons. The lowest BCUT2D eigenvalue weighted by molar-refractivity contribution is 0.235. The number of aromatic amines is 1. The molecule has 20 heavy (non-hydrogen) atoms. The Labute approximate surface area is 119 Å². The van der Waals surface area contributed by atoms with Gasteiger partial charge in [0.2, 0.25) is 0 Å². The maximum Gasteiger partial charge on any atom is 0.252 e. The van der Waals surface area contributed by atoms with Crippen LogP contribution >= 0.6 is 0 Å². The third kappa shape index (κ3) is 2.59. The molecule has 1 heterocycles. The van der Waals surface area contributed by atoms with Crippen LogP contribution in [0, 0.1) is 5.92 Å². The number of anilines is 1. The Morgan fingerprint density at radius 1 is 1.45 bits per heavy atom. The molecular formula is C15H24N4O. The SMILES string of the molecule is CC1CCCCC1(CN)Nc1cc(=O)[nH]c(C2CC2)n1. The molecule has 2 unspecified atom stereocenters. The Morgan fingerprint density at radius 2 is 2.25 bits per heavy atom. The third-order valence-corrected chi connectivity index (χ3v) is 4.92. The van der Waals surface area contributed by atoms with Crippen molar-refractivity contribution in [1.29, 1.82) is 0 Å². The zero-order chi connectivity index (χ0) is 14.2. The van der Waals surface area contributed by atoms with Crippen LogP contribution in [0.15, 0.2) is 10.9 Å². The Morgan fingerprint density at radius 3 is 2.90 bits per heavy atom. The Hall–Kier alpha value is -1.36. The Bertz CT molecular complexity index is 537. The maximum atomic E-state index is 11.8. The molecule has 2 saturated carbocycles. The summed E-state index contributed by atoms with van der Waals surface area (Å²) in [5.41, 5.74) is 5.87. The third-order valence-electron chi connectivity index (χ3n) is 4.92. The summed E-state index contributed by atoms with van der Waals surface area (Å²) >= 11 is 0. The molecule has 5 heteroatoms. The van der Waals surface area contributed by atoms with Crippen molar-refractivity contribution in [1.82, 2.24) is 9.97 Å². The molecule has 0 amide bonds. The van der Waals surface area contributed by atoms with Crippen LogP contribution in [0.25, 0.3) is 0 Å². The summed E-state index contributed by atoms with van der Waals surface area (Å²) in [6.45, 7) is 2.83. The van der Waals surface area contributed by atoms with E-state index in [4.69, 9.17) is 5.73 Å². The number of rotatable bonds is 4. The lowest BCUT2D eigenvalue weighted by Gasteiger charge is -2.43. The van der Waals surface area contributed by atoms with Gasteiger partial charge in [0.15, 0.2) is 0 Å². The van der Waals surface area contributed by atoms with Crippen LogP contribution in [0.3, 0.4) is 0 Å². The molecule has 2 aliphatic carbocycles. The van der Waals surface area contributed by atoms with Crippen LogP contribution in [0.2, 0.25) is 0 Å². The summed E-state index contributed by atoms with van der Waals surface area (Å²) in [7, 11) is 0. The van der Waals surface area contributed by atoms with Crippen LogP contribution < -0.4 is 16.6 Å². The van der Waals surface area contributed by atoms with E-state index in [2.05, 4.69) is 22.2 Å². The topological polar surface area (TPSA) is 83.8 Å². The van der Waals surface area contributed by atoms with Gasteiger partial charge in [0.1, 0.15) is 11.6 Å². The van der Waals surface area contributed by atoms with Crippen molar-refractivity contribution < 1.29 is 0 Å². The van der Waals surface area contributed by atoms with Gasteiger partial charge >= 0.3 is 0 Å². The first-order valence-electron chi connectivity index (χ1n) is 7.72. The summed E-state index contributed by atoms with van der Waals surface area (Å²) in [6.07, 6.45) is 6.95. The first-order chi connectivity index (χ1) is 9.63. The quantitative estimate of drug-likeness (QED) is 0.785. The predicted molar refractivity (Wildman–Crippen MR) is 79.9 cm³/mol. The molecule has 0 saturated heterocycles. The van der Waals surface area contributed by atoms with Crippen molar-refractivity contribution in [3.05, 3.63) is 22.2 Å². The van der Waals surface area contributed by atoms with E-state index in [0.29, 0.717) is 24.2 Å². The molecule has 2 aliphatic rings. The normalized spacial score (nSPS) is 30.2. The van der Waals surface area contributed by atoms with Crippen LogP contribution in [-0.2, 0) is 0 Å². The number of H-pyrrole nitrogens is 1. The number of nitrogens with two attached hydrogens (primary N) is 1. The fourth-order valence-electron chi connectivity index (χ4n) is 3.30. The van der Waals surface area contributed by atoms with E-state index in [1.165, 1.54) is 19.3 Å². The summed E-state index contributed by atoms with van der Waals surface area (Å²) in [5, 5.41) is 3.50. The standard InChI is InChI=1S/C15H24N4O/c1-10-4-2-3-7-15(10,9-16)19-12-8-13(20)18-14(17-12)11-5-6-11/h8,10-11H,2-7,9,16H2,1H3,(H2,17,18,19,20). The molecule has 2 atom stereocenters. The number of hydrogen-bond acceptors (Lipinski definition) is 4. The number of nitrogens with one attached hydrogen (secondary N) is 2. The van der Waals surface area contributed by atoms with Gasteiger partial charge in [0.25, 0.3) is 5.56 Å². The monoisotopic (exact) mass is 276 g/mol. The van der Waals surface area contributed by atoms with Gasteiger partial charge in [0, 0.05) is 18.5 Å². The van der Waals surface area contributed by atoms with Crippen molar-refractivity contribution in [3.63, 3.8) is 0 Å². The summed E-state index contributed by atoms with van der Waals surface area (Å²) < 4.78 is 0. The molecule has 3 rings (SSSR count). The average molecular weight is 276 g/mol. The van der Waals surface area contributed by atoms with Gasteiger partial charge < -0.3 is 16.0 Å². The minimum absolute atomic E-state index is 0.0694. The summed E-state index contributed by atoms with van der Waals surface area (Å²) in [6, 6.07) is 1.56. The molecule has 0 aliphatic heterocycles. The van der Waals surface area contributed by atoms with Crippen LogP contribution in [0.4, 0.5) is 5.82 Å². The molecule has 4 N–H and O–H groups in total. The smallest absolute Gasteiger partial charge is 0.252 e. The van der Waals surface area contributed by atoms with Gasteiger partial charge in [-0.3, -0.25) is 4.79 Å². The molecule has 0 spiro atoms. The minimum Gasteiger partial charge on any atom is -0.363 e. The summed E-state index contributed by atoms with van der Waals surface area (Å²) in [4.78, 5) is 19.2. The zero-order valence-corrected chi connectivity index (χ0v) is 12.1. The highest BCUT2D eigenvalue weighted by molar-refractivity contribution is 5.38. The zero-order valence-electron chi connectivity index (χ0n) is 12.1. The van der Waals surface area contributed by atoms with Gasteiger partial charge in [0.05, 0.1) is 5.54 Å². The number of aromatic nitrogens is 2. The first kappa shape index (κ1) is 13.6. The van der Waals surface area contributed by atoms with Gasteiger partial charge in [-0.05, 0) is 31.6 Å². The second kappa shape index (κ2) is 5.20. The second-order valence-corrected chi connectivity index (χ2v) is 6.42. The van der Waals surface area contributed by atoms with Gasteiger partial charge in [-0.15, -0.1) is 0 Å². The van der Waals surface area contributed by atoms with Crippen molar-refractivity contribution in [3.8, 4) is 0 Å². The van der Waals surface area contributed by atoms with Crippen molar-refractivity contribution >= 4 is 5.82 Å². The maximum absolute atomic E-state index is 11.8. The van der Waals surface area contributed by atoms with E-state index in [1.54, 1.807) is 6.07 Å². The van der Waals surface area contributed by atoms with Crippen LogP contribution in [-0.4, -0.2) is 22.1 Å². The minimum atomic E-state index is -0.111. The van der Waals surface area contributed by atoms with Gasteiger partial charge in [-0.2, -0.15) is 0 Å². The van der Waals surface area contributed by atoms with Crippen molar-refractivity contribution in [2.45, 2.75) is 56.9 Å². The molecule has 1 aromatic heterocycles. The second-order valence-electron chi connectivity index (χ2n) is 6.42. The molecule has 110 valence electrons. The highest BCUT2D eigenvalue weighted by Crippen LogP contribution is 2.39. The van der Waals surface area contributed by atoms with E-state index < -0.39 is 0 Å². The van der Waals surface area contributed by atoms with Gasteiger partial charge in [-0.1, -0.05) is 19.8 Å². The van der Waals surface area contributed by atoms with E-state index in [1.807, 2.05) is 0 Å². The number of hydrogen-bond donors (Lipinski definition) is 3. The molecule has 0 aromatic carbocycles. The van der Waals surface area contributed by atoms with E-state index >= 15 is 0 Å².